The molecule has 0 spiro atoms. The standard InChI is InChI=1S/C12H20O/c1-7-3-4-9-8-5-10(13)12(2,6-8)11(7)9/h7-11,13H,3-6H2,1-2H3. The molecule has 2 bridgehead atoms. The van der Waals surface area contributed by atoms with Crippen molar-refractivity contribution >= 4 is 0 Å². The van der Waals surface area contributed by atoms with Crippen LogP contribution in [0.1, 0.15) is 39.5 Å². The van der Waals surface area contributed by atoms with E-state index in [-0.39, 0.29) is 6.10 Å². The zero-order valence-corrected chi connectivity index (χ0v) is 8.66. The van der Waals surface area contributed by atoms with E-state index in [2.05, 4.69) is 13.8 Å². The maximum absolute atomic E-state index is 10.0. The van der Waals surface area contributed by atoms with Crippen LogP contribution in [0.25, 0.3) is 0 Å². The van der Waals surface area contributed by atoms with Crippen molar-refractivity contribution in [2.75, 3.05) is 0 Å². The molecule has 3 aliphatic carbocycles. The summed E-state index contributed by atoms with van der Waals surface area (Å²) in [5.74, 6) is 3.56. The van der Waals surface area contributed by atoms with Crippen LogP contribution in [0.2, 0.25) is 0 Å². The average molecular weight is 180 g/mol. The first-order chi connectivity index (χ1) is 6.13. The second-order valence-corrected chi connectivity index (χ2v) is 5.97. The van der Waals surface area contributed by atoms with Gasteiger partial charge in [-0.05, 0) is 48.3 Å². The normalized spacial score (nSPS) is 64.4. The van der Waals surface area contributed by atoms with Crippen LogP contribution in [0.5, 0.6) is 0 Å². The third-order valence-corrected chi connectivity index (χ3v) is 5.39. The highest BCUT2D eigenvalue weighted by atomic mass is 16.3. The van der Waals surface area contributed by atoms with Crippen molar-refractivity contribution in [3.63, 3.8) is 0 Å². The Labute approximate surface area is 80.5 Å². The van der Waals surface area contributed by atoms with E-state index < -0.39 is 0 Å². The van der Waals surface area contributed by atoms with Crippen molar-refractivity contribution in [2.24, 2.45) is 29.1 Å². The van der Waals surface area contributed by atoms with E-state index in [1.165, 1.54) is 19.3 Å². The van der Waals surface area contributed by atoms with E-state index in [1.807, 2.05) is 0 Å². The molecular formula is C12H20O. The predicted molar refractivity (Wildman–Crippen MR) is 52.2 cm³/mol. The van der Waals surface area contributed by atoms with Crippen molar-refractivity contribution in [3.8, 4) is 0 Å². The summed E-state index contributed by atoms with van der Waals surface area (Å²) in [4.78, 5) is 0. The molecule has 0 saturated heterocycles. The minimum Gasteiger partial charge on any atom is -0.393 e. The molecule has 3 aliphatic rings. The lowest BCUT2D eigenvalue weighted by molar-refractivity contribution is -0.0134. The van der Waals surface area contributed by atoms with Gasteiger partial charge in [0, 0.05) is 0 Å². The Balaban J connectivity index is 1.99. The van der Waals surface area contributed by atoms with Crippen LogP contribution in [0.4, 0.5) is 0 Å². The molecule has 0 heterocycles. The molecule has 0 aromatic heterocycles. The average Bonchev–Trinajstić information content (AvgIpc) is 2.63. The molecule has 3 rings (SSSR count). The Kier molecular flexibility index (Phi) is 1.47. The Morgan fingerprint density at radius 3 is 2.85 bits per heavy atom. The van der Waals surface area contributed by atoms with Gasteiger partial charge in [-0.3, -0.25) is 0 Å². The van der Waals surface area contributed by atoms with Gasteiger partial charge in [0.2, 0.25) is 0 Å². The van der Waals surface area contributed by atoms with Crippen molar-refractivity contribution in [1.82, 2.24) is 0 Å². The molecule has 3 fully saturated rings. The highest BCUT2D eigenvalue weighted by molar-refractivity contribution is 5.11. The van der Waals surface area contributed by atoms with Crippen LogP contribution in [-0.4, -0.2) is 11.2 Å². The molecule has 74 valence electrons. The molecule has 0 aromatic rings. The largest absolute Gasteiger partial charge is 0.393 e. The first kappa shape index (κ1) is 8.28. The highest BCUT2D eigenvalue weighted by Crippen LogP contribution is 2.66. The Bertz CT molecular complexity index is 237. The van der Waals surface area contributed by atoms with Gasteiger partial charge in [-0.2, -0.15) is 0 Å². The molecule has 0 aliphatic heterocycles. The van der Waals surface area contributed by atoms with Gasteiger partial charge in [-0.25, -0.2) is 0 Å². The molecular weight excluding hydrogens is 160 g/mol. The first-order valence-corrected chi connectivity index (χ1v) is 5.81. The number of rotatable bonds is 0. The molecule has 1 nitrogen and oxygen atoms in total. The summed E-state index contributed by atoms with van der Waals surface area (Å²) < 4.78 is 0. The van der Waals surface area contributed by atoms with Gasteiger partial charge >= 0.3 is 0 Å². The number of aliphatic hydroxyl groups is 1. The smallest absolute Gasteiger partial charge is 0.0599 e. The third kappa shape index (κ3) is 0.823. The van der Waals surface area contributed by atoms with Gasteiger partial charge < -0.3 is 5.11 Å². The van der Waals surface area contributed by atoms with Crippen molar-refractivity contribution in [2.45, 2.75) is 45.6 Å². The SMILES string of the molecule is CC1CCC2C3CC(O)C(C)(C3)C12. The maximum Gasteiger partial charge on any atom is 0.0599 e. The second kappa shape index (κ2) is 2.31. The van der Waals surface area contributed by atoms with Crippen molar-refractivity contribution in [3.05, 3.63) is 0 Å². The molecule has 1 heteroatoms. The van der Waals surface area contributed by atoms with E-state index in [0.29, 0.717) is 5.41 Å². The summed E-state index contributed by atoms with van der Waals surface area (Å²) in [6.07, 6.45) is 5.28. The number of hydrogen-bond acceptors (Lipinski definition) is 1. The Morgan fingerprint density at radius 2 is 2.08 bits per heavy atom. The lowest BCUT2D eigenvalue weighted by Gasteiger charge is -2.39. The number of hydrogen-bond donors (Lipinski definition) is 1. The summed E-state index contributed by atoms with van der Waals surface area (Å²) in [6.45, 7) is 4.73. The summed E-state index contributed by atoms with van der Waals surface area (Å²) in [5.41, 5.74) is 0.297. The van der Waals surface area contributed by atoms with Crippen molar-refractivity contribution < 1.29 is 5.11 Å². The van der Waals surface area contributed by atoms with E-state index in [0.717, 1.165) is 30.1 Å². The minimum atomic E-state index is 0.0132. The summed E-state index contributed by atoms with van der Waals surface area (Å²) >= 11 is 0. The number of fused-ring (bicyclic) bond motifs is 5. The van der Waals surface area contributed by atoms with E-state index in [1.54, 1.807) is 0 Å². The molecule has 0 aromatic carbocycles. The number of aliphatic hydroxyl groups excluding tert-OH is 1. The van der Waals surface area contributed by atoms with Gasteiger partial charge in [0.25, 0.3) is 0 Å². The molecule has 0 amide bonds. The minimum absolute atomic E-state index is 0.0132. The molecule has 3 saturated carbocycles. The fourth-order valence-corrected chi connectivity index (χ4v) is 4.93. The highest BCUT2D eigenvalue weighted by Gasteiger charge is 2.62. The third-order valence-electron chi connectivity index (χ3n) is 5.39. The van der Waals surface area contributed by atoms with Crippen LogP contribution >= 0.6 is 0 Å². The van der Waals surface area contributed by atoms with Crippen LogP contribution < -0.4 is 0 Å². The quantitative estimate of drug-likeness (QED) is 0.607. The second-order valence-electron chi connectivity index (χ2n) is 5.97. The van der Waals surface area contributed by atoms with Crippen LogP contribution in [0.3, 0.4) is 0 Å². The lowest BCUT2D eigenvalue weighted by Crippen LogP contribution is -2.39. The topological polar surface area (TPSA) is 20.2 Å². The van der Waals surface area contributed by atoms with Gasteiger partial charge in [0.15, 0.2) is 0 Å². The summed E-state index contributed by atoms with van der Waals surface area (Å²) in [5, 5.41) is 10.0. The first-order valence-electron chi connectivity index (χ1n) is 5.81. The lowest BCUT2D eigenvalue weighted by atomic mass is 9.68. The van der Waals surface area contributed by atoms with Crippen LogP contribution in [0, 0.1) is 29.1 Å². The molecule has 6 atom stereocenters. The van der Waals surface area contributed by atoms with Crippen molar-refractivity contribution in [1.29, 1.82) is 0 Å². The molecule has 6 unspecified atom stereocenters. The summed E-state index contributed by atoms with van der Waals surface area (Å²) in [7, 11) is 0. The monoisotopic (exact) mass is 180 g/mol. The Hall–Kier alpha value is -0.0400. The molecule has 0 radical (unpaired) electrons. The van der Waals surface area contributed by atoms with Crippen LogP contribution in [-0.2, 0) is 0 Å². The fraction of sp³-hybridized carbons (Fsp3) is 1.00. The van der Waals surface area contributed by atoms with E-state index >= 15 is 0 Å². The van der Waals surface area contributed by atoms with E-state index in [4.69, 9.17) is 0 Å². The zero-order valence-electron chi connectivity index (χ0n) is 8.66. The van der Waals surface area contributed by atoms with Crippen LogP contribution in [0.15, 0.2) is 0 Å². The van der Waals surface area contributed by atoms with Gasteiger partial charge in [-0.1, -0.05) is 20.3 Å². The molecule has 1 N–H and O–H groups in total. The van der Waals surface area contributed by atoms with E-state index in [9.17, 15) is 5.11 Å². The predicted octanol–water partition coefficient (Wildman–Crippen LogP) is 2.44. The van der Waals surface area contributed by atoms with Gasteiger partial charge in [0.05, 0.1) is 6.10 Å². The summed E-state index contributed by atoms with van der Waals surface area (Å²) in [6, 6.07) is 0. The van der Waals surface area contributed by atoms with Gasteiger partial charge in [0.1, 0.15) is 0 Å². The maximum atomic E-state index is 10.0. The van der Waals surface area contributed by atoms with Gasteiger partial charge in [-0.15, -0.1) is 0 Å². The fourth-order valence-electron chi connectivity index (χ4n) is 4.93. The Morgan fingerprint density at radius 1 is 1.31 bits per heavy atom. The molecule has 13 heavy (non-hydrogen) atoms. The zero-order chi connectivity index (χ0) is 9.22.